The van der Waals surface area contributed by atoms with Gasteiger partial charge in [0.1, 0.15) is 5.82 Å². The van der Waals surface area contributed by atoms with Crippen molar-refractivity contribution in [1.29, 1.82) is 0 Å². The zero-order valence-corrected chi connectivity index (χ0v) is 11.5. The van der Waals surface area contributed by atoms with Gasteiger partial charge in [-0.25, -0.2) is 4.39 Å². The van der Waals surface area contributed by atoms with E-state index in [-0.39, 0.29) is 5.82 Å². The highest BCUT2D eigenvalue weighted by Crippen LogP contribution is 2.35. The Labute approximate surface area is 112 Å². The molecule has 3 rings (SSSR count). The Morgan fingerprint density at radius 1 is 1.32 bits per heavy atom. The van der Waals surface area contributed by atoms with E-state index in [0.29, 0.717) is 11.6 Å². The molecule has 0 saturated heterocycles. The van der Waals surface area contributed by atoms with Gasteiger partial charge in [-0.05, 0) is 38.0 Å². The van der Waals surface area contributed by atoms with Crippen molar-refractivity contribution in [2.45, 2.75) is 26.3 Å². The summed E-state index contributed by atoms with van der Waals surface area (Å²) in [5, 5.41) is 4.11. The monoisotopic (exact) mass is 259 g/mol. The number of aryl methyl sites for hydroxylation is 1. The van der Waals surface area contributed by atoms with Gasteiger partial charge in [0.2, 0.25) is 0 Å². The molecule has 0 amide bonds. The molecule has 0 unspecified atom stereocenters. The zero-order valence-electron chi connectivity index (χ0n) is 11.5. The Morgan fingerprint density at radius 2 is 2.11 bits per heavy atom. The summed E-state index contributed by atoms with van der Waals surface area (Å²) in [4.78, 5) is 2.26. The van der Waals surface area contributed by atoms with Crippen molar-refractivity contribution in [2.75, 3.05) is 11.4 Å². The first-order valence-electron chi connectivity index (χ1n) is 6.64. The molecule has 1 aromatic heterocycles. The topological polar surface area (TPSA) is 21.1 Å². The fraction of sp³-hybridized carbons (Fsp3) is 0.400. The van der Waals surface area contributed by atoms with E-state index in [0.717, 1.165) is 24.2 Å². The van der Waals surface area contributed by atoms with Crippen LogP contribution in [-0.4, -0.2) is 22.4 Å². The van der Waals surface area contributed by atoms with Gasteiger partial charge in [-0.1, -0.05) is 0 Å². The molecule has 0 spiro atoms. The summed E-state index contributed by atoms with van der Waals surface area (Å²) in [5.41, 5.74) is 3.76. The van der Waals surface area contributed by atoms with Crippen LogP contribution in [0.5, 0.6) is 0 Å². The predicted octanol–water partition coefficient (Wildman–Crippen LogP) is 3.00. The summed E-state index contributed by atoms with van der Waals surface area (Å²) in [5.74, 6) is -0.167. The number of halogens is 1. The molecule has 3 nitrogen and oxygen atoms in total. The summed E-state index contributed by atoms with van der Waals surface area (Å²) in [6.45, 7) is 5.26. The summed E-state index contributed by atoms with van der Waals surface area (Å²) >= 11 is 0. The lowest BCUT2D eigenvalue weighted by Gasteiger charge is -2.24. The number of rotatable bonds is 2. The van der Waals surface area contributed by atoms with Gasteiger partial charge >= 0.3 is 0 Å². The third-order valence-corrected chi connectivity index (χ3v) is 3.74. The SMILES string of the molecule is CC(C)N1CCc2cc(-c3cnn(C)c3)c(F)cc21. The van der Waals surface area contributed by atoms with Crippen LogP contribution in [0.1, 0.15) is 19.4 Å². The fourth-order valence-electron chi connectivity index (χ4n) is 2.75. The molecule has 0 saturated carbocycles. The molecule has 4 heteroatoms. The minimum absolute atomic E-state index is 0.167. The summed E-state index contributed by atoms with van der Waals surface area (Å²) in [6, 6.07) is 4.05. The van der Waals surface area contributed by atoms with Crippen LogP contribution in [0.15, 0.2) is 24.5 Å². The van der Waals surface area contributed by atoms with Gasteiger partial charge in [0.15, 0.2) is 0 Å². The van der Waals surface area contributed by atoms with E-state index in [4.69, 9.17) is 0 Å². The minimum atomic E-state index is -0.167. The molecular formula is C15H18FN3. The van der Waals surface area contributed by atoms with E-state index in [2.05, 4.69) is 23.8 Å². The van der Waals surface area contributed by atoms with Crippen LogP contribution in [0.25, 0.3) is 11.1 Å². The van der Waals surface area contributed by atoms with Crippen molar-refractivity contribution >= 4 is 5.69 Å². The first-order valence-corrected chi connectivity index (χ1v) is 6.64. The van der Waals surface area contributed by atoms with Crippen molar-refractivity contribution in [3.8, 4) is 11.1 Å². The number of fused-ring (bicyclic) bond motifs is 1. The average Bonchev–Trinajstić information content (AvgIpc) is 2.93. The highest BCUT2D eigenvalue weighted by Gasteiger charge is 2.23. The van der Waals surface area contributed by atoms with Crippen molar-refractivity contribution in [1.82, 2.24) is 9.78 Å². The lowest BCUT2D eigenvalue weighted by Crippen LogP contribution is -2.28. The first kappa shape index (κ1) is 12.2. The Morgan fingerprint density at radius 3 is 2.74 bits per heavy atom. The molecule has 0 N–H and O–H groups in total. The number of hydrogen-bond donors (Lipinski definition) is 0. The number of aromatic nitrogens is 2. The van der Waals surface area contributed by atoms with Crippen molar-refractivity contribution < 1.29 is 4.39 Å². The molecule has 0 aliphatic carbocycles. The van der Waals surface area contributed by atoms with Gasteiger partial charge < -0.3 is 4.90 Å². The second-order valence-electron chi connectivity index (χ2n) is 5.40. The average molecular weight is 259 g/mol. The summed E-state index contributed by atoms with van der Waals surface area (Å²) < 4.78 is 16.0. The summed E-state index contributed by atoms with van der Waals surface area (Å²) in [6.07, 6.45) is 4.54. The Bertz CT molecular complexity index is 616. The van der Waals surface area contributed by atoms with Gasteiger partial charge in [0.25, 0.3) is 0 Å². The molecule has 0 atom stereocenters. The number of benzene rings is 1. The molecule has 2 aromatic rings. The van der Waals surface area contributed by atoms with E-state index < -0.39 is 0 Å². The molecule has 0 bridgehead atoms. The maximum Gasteiger partial charge on any atom is 0.133 e. The smallest absolute Gasteiger partial charge is 0.133 e. The highest BCUT2D eigenvalue weighted by molar-refractivity contribution is 5.70. The second kappa shape index (κ2) is 4.37. The van der Waals surface area contributed by atoms with E-state index in [1.807, 2.05) is 19.3 Å². The Hall–Kier alpha value is -1.84. The lowest BCUT2D eigenvalue weighted by molar-refractivity contribution is 0.629. The molecule has 1 aliphatic rings. The van der Waals surface area contributed by atoms with Gasteiger partial charge in [-0.2, -0.15) is 5.10 Å². The van der Waals surface area contributed by atoms with E-state index in [1.165, 1.54) is 5.56 Å². The van der Waals surface area contributed by atoms with Crippen molar-refractivity contribution in [3.63, 3.8) is 0 Å². The standard InChI is InChI=1S/C15H18FN3/c1-10(2)19-5-4-11-6-13(14(16)7-15(11)19)12-8-17-18(3)9-12/h6-10H,4-5H2,1-3H3. The largest absolute Gasteiger partial charge is 0.368 e. The van der Waals surface area contributed by atoms with Crippen LogP contribution in [0, 0.1) is 5.82 Å². The van der Waals surface area contributed by atoms with Gasteiger partial charge in [-0.15, -0.1) is 0 Å². The molecule has 1 aliphatic heterocycles. The van der Waals surface area contributed by atoms with Crippen LogP contribution < -0.4 is 4.90 Å². The maximum atomic E-state index is 14.3. The number of hydrogen-bond acceptors (Lipinski definition) is 2. The molecule has 19 heavy (non-hydrogen) atoms. The third kappa shape index (κ3) is 2.01. The minimum Gasteiger partial charge on any atom is -0.368 e. The molecule has 100 valence electrons. The molecule has 2 heterocycles. The Balaban J connectivity index is 2.07. The summed E-state index contributed by atoms with van der Waals surface area (Å²) in [7, 11) is 1.84. The van der Waals surface area contributed by atoms with Crippen molar-refractivity contribution in [3.05, 3.63) is 35.9 Å². The molecule has 0 radical (unpaired) electrons. The third-order valence-electron chi connectivity index (χ3n) is 3.74. The van der Waals surface area contributed by atoms with Crippen LogP contribution in [0.4, 0.5) is 10.1 Å². The second-order valence-corrected chi connectivity index (χ2v) is 5.40. The quantitative estimate of drug-likeness (QED) is 0.826. The van der Waals surface area contributed by atoms with Crippen LogP contribution in [0.2, 0.25) is 0 Å². The normalized spacial score (nSPS) is 14.3. The van der Waals surface area contributed by atoms with Gasteiger partial charge in [0.05, 0.1) is 6.20 Å². The molecular weight excluding hydrogens is 241 g/mol. The zero-order chi connectivity index (χ0) is 13.6. The lowest BCUT2D eigenvalue weighted by atomic mass is 10.0. The van der Waals surface area contributed by atoms with E-state index in [1.54, 1.807) is 16.9 Å². The van der Waals surface area contributed by atoms with Crippen LogP contribution >= 0.6 is 0 Å². The van der Waals surface area contributed by atoms with E-state index >= 15 is 0 Å². The molecule has 0 fully saturated rings. The predicted molar refractivity (Wildman–Crippen MR) is 74.8 cm³/mol. The molecule has 1 aromatic carbocycles. The van der Waals surface area contributed by atoms with Gasteiger partial charge in [0, 0.05) is 42.6 Å². The highest BCUT2D eigenvalue weighted by atomic mass is 19.1. The fourth-order valence-corrected chi connectivity index (χ4v) is 2.75. The van der Waals surface area contributed by atoms with E-state index in [9.17, 15) is 4.39 Å². The maximum absolute atomic E-state index is 14.3. The Kier molecular flexibility index (Phi) is 2.81. The van der Waals surface area contributed by atoms with Crippen LogP contribution in [-0.2, 0) is 13.5 Å². The van der Waals surface area contributed by atoms with Crippen LogP contribution in [0.3, 0.4) is 0 Å². The number of nitrogens with zero attached hydrogens (tertiary/aromatic N) is 3. The number of anilines is 1. The van der Waals surface area contributed by atoms with Crippen molar-refractivity contribution in [2.24, 2.45) is 7.05 Å². The van der Waals surface area contributed by atoms with Gasteiger partial charge in [-0.3, -0.25) is 4.68 Å². The first-order chi connectivity index (χ1) is 9.06.